The van der Waals surface area contributed by atoms with Crippen LogP contribution in [0.15, 0.2) is 23.0 Å². The van der Waals surface area contributed by atoms with Crippen molar-refractivity contribution in [3.63, 3.8) is 0 Å². The predicted octanol–water partition coefficient (Wildman–Crippen LogP) is 3.14. The molecule has 3 heteroatoms. The first-order chi connectivity index (χ1) is 8.06. The first-order valence-electron chi connectivity index (χ1n) is 6.45. The highest BCUT2D eigenvalue weighted by Crippen LogP contribution is 2.33. The number of nitrogens with one attached hydrogen (secondary N) is 1. The average molecular weight is 237 g/mol. The van der Waals surface area contributed by atoms with Gasteiger partial charge in [0.2, 0.25) is 0 Å². The number of hydrogen-bond donors (Lipinski definition) is 1. The highest BCUT2D eigenvalue weighted by Gasteiger charge is 2.28. The van der Waals surface area contributed by atoms with Crippen molar-refractivity contribution in [1.82, 2.24) is 5.32 Å². The van der Waals surface area contributed by atoms with Crippen LogP contribution in [0.3, 0.4) is 0 Å². The van der Waals surface area contributed by atoms with Gasteiger partial charge in [-0.25, -0.2) is 0 Å². The minimum atomic E-state index is 0.165. The molecule has 17 heavy (non-hydrogen) atoms. The van der Waals surface area contributed by atoms with Gasteiger partial charge >= 0.3 is 0 Å². The SMILES string of the molecule is CC(C)(C)NCC1CCCOC1c1ccoc1. The van der Waals surface area contributed by atoms with E-state index in [1.54, 1.807) is 12.5 Å². The summed E-state index contributed by atoms with van der Waals surface area (Å²) in [5.41, 5.74) is 1.34. The minimum Gasteiger partial charge on any atom is -0.472 e. The minimum absolute atomic E-state index is 0.165. The molecule has 96 valence electrons. The standard InChI is InChI=1S/C14H23NO2/c1-14(2,3)15-9-11-5-4-7-17-13(11)12-6-8-16-10-12/h6,8,10-11,13,15H,4-5,7,9H2,1-3H3. The van der Waals surface area contributed by atoms with E-state index in [2.05, 4.69) is 26.1 Å². The average Bonchev–Trinajstić information content (AvgIpc) is 2.79. The fourth-order valence-electron chi connectivity index (χ4n) is 2.29. The molecule has 1 N–H and O–H groups in total. The van der Waals surface area contributed by atoms with Gasteiger partial charge in [0.1, 0.15) is 0 Å². The maximum absolute atomic E-state index is 5.90. The summed E-state index contributed by atoms with van der Waals surface area (Å²) in [7, 11) is 0. The van der Waals surface area contributed by atoms with Gasteiger partial charge in [0.05, 0.1) is 18.6 Å². The van der Waals surface area contributed by atoms with E-state index in [4.69, 9.17) is 9.15 Å². The molecule has 0 aromatic carbocycles. The lowest BCUT2D eigenvalue weighted by Crippen LogP contribution is -2.41. The Labute approximate surface area is 104 Å². The molecule has 2 unspecified atom stereocenters. The van der Waals surface area contributed by atoms with E-state index in [0.29, 0.717) is 5.92 Å². The quantitative estimate of drug-likeness (QED) is 0.877. The van der Waals surface area contributed by atoms with Crippen LogP contribution in [-0.2, 0) is 4.74 Å². The molecular formula is C14H23NO2. The Morgan fingerprint density at radius 2 is 2.24 bits per heavy atom. The van der Waals surface area contributed by atoms with Crippen molar-refractivity contribution in [3.05, 3.63) is 24.2 Å². The summed E-state index contributed by atoms with van der Waals surface area (Å²) >= 11 is 0. The van der Waals surface area contributed by atoms with Gasteiger partial charge in [-0.15, -0.1) is 0 Å². The van der Waals surface area contributed by atoms with Crippen molar-refractivity contribution in [1.29, 1.82) is 0 Å². The third-order valence-corrected chi connectivity index (χ3v) is 3.21. The van der Waals surface area contributed by atoms with Crippen molar-refractivity contribution in [2.45, 2.75) is 45.3 Å². The monoisotopic (exact) mass is 237 g/mol. The molecule has 1 fully saturated rings. The lowest BCUT2D eigenvalue weighted by atomic mass is 9.90. The second-order valence-corrected chi connectivity index (χ2v) is 5.88. The number of furan rings is 1. The molecule has 2 heterocycles. The van der Waals surface area contributed by atoms with E-state index in [9.17, 15) is 0 Å². The van der Waals surface area contributed by atoms with Crippen LogP contribution < -0.4 is 5.32 Å². The van der Waals surface area contributed by atoms with E-state index in [1.165, 1.54) is 12.0 Å². The van der Waals surface area contributed by atoms with Crippen LogP contribution in [0.2, 0.25) is 0 Å². The lowest BCUT2D eigenvalue weighted by Gasteiger charge is -2.33. The Morgan fingerprint density at radius 3 is 2.88 bits per heavy atom. The van der Waals surface area contributed by atoms with E-state index < -0.39 is 0 Å². The normalized spacial score (nSPS) is 26.1. The van der Waals surface area contributed by atoms with Crippen molar-refractivity contribution >= 4 is 0 Å². The summed E-state index contributed by atoms with van der Waals surface area (Å²) in [6, 6.07) is 2.01. The molecule has 1 aliphatic rings. The smallest absolute Gasteiger partial charge is 0.0960 e. The fraction of sp³-hybridized carbons (Fsp3) is 0.714. The van der Waals surface area contributed by atoms with Gasteiger partial charge in [0.25, 0.3) is 0 Å². The molecule has 1 aromatic rings. The van der Waals surface area contributed by atoms with Gasteiger partial charge in [-0.2, -0.15) is 0 Å². The Kier molecular flexibility index (Phi) is 3.89. The second-order valence-electron chi connectivity index (χ2n) is 5.88. The predicted molar refractivity (Wildman–Crippen MR) is 67.9 cm³/mol. The van der Waals surface area contributed by atoms with Gasteiger partial charge in [-0.3, -0.25) is 0 Å². The molecule has 0 aliphatic carbocycles. The second kappa shape index (κ2) is 5.23. The third-order valence-electron chi connectivity index (χ3n) is 3.21. The zero-order valence-electron chi connectivity index (χ0n) is 11.0. The number of hydrogen-bond acceptors (Lipinski definition) is 3. The maximum atomic E-state index is 5.90. The van der Waals surface area contributed by atoms with E-state index in [-0.39, 0.29) is 11.6 Å². The Hall–Kier alpha value is -0.800. The van der Waals surface area contributed by atoms with Gasteiger partial charge in [-0.05, 0) is 39.7 Å². The Bertz CT molecular complexity index is 326. The van der Waals surface area contributed by atoms with Crippen molar-refractivity contribution in [2.75, 3.05) is 13.2 Å². The first-order valence-corrected chi connectivity index (χ1v) is 6.45. The molecule has 0 amide bonds. The molecule has 0 saturated carbocycles. The van der Waals surface area contributed by atoms with Gasteiger partial charge in [0.15, 0.2) is 0 Å². The number of rotatable bonds is 3. The van der Waals surface area contributed by atoms with Crippen LogP contribution in [0.4, 0.5) is 0 Å². The fourth-order valence-corrected chi connectivity index (χ4v) is 2.29. The van der Waals surface area contributed by atoms with Crippen LogP contribution in [0.25, 0.3) is 0 Å². The van der Waals surface area contributed by atoms with Crippen LogP contribution in [0.1, 0.15) is 45.3 Å². The van der Waals surface area contributed by atoms with E-state index >= 15 is 0 Å². The van der Waals surface area contributed by atoms with Crippen LogP contribution in [0, 0.1) is 5.92 Å². The Balaban J connectivity index is 1.98. The topological polar surface area (TPSA) is 34.4 Å². The summed E-state index contributed by atoms with van der Waals surface area (Å²) < 4.78 is 11.1. The molecule has 1 aromatic heterocycles. The zero-order valence-corrected chi connectivity index (χ0v) is 11.0. The van der Waals surface area contributed by atoms with Crippen LogP contribution >= 0.6 is 0 Å². The number of ether oxygens (including phenoxy) is 1. The Morgan fingerprint density at radius 1 is 1.41 bits per heavy atom. The van der Waals surface area contributed by atoms with Gasteiger partial charge in [0, 0.05) is 30.2 Å². The molecule has 0 spiro atoms. The zero-order chi connectivity index (χ0) is 12.3. The van der Waals surface area contributed by atoms with Crippen LogP contribution in [0.5, 0.6) is 0 Å². The van der Waals surface area contributed by atoms with Crippen molar-refractivity contribution < 1.29 is 9.15 Å². The molecular weight excluding hydrogens is 214 g/mol. The van der Waals surface area contributed by atoms with Crippen molar-refractivity contribution in [3.8, 4) is 0 Å². The van der Waals surface area contributed by atoms with E-state index in [1.807, 2.05) is 6.07 Å². The lowest BCUT2D eigenvalue weighted by molar-refractivity contribution is -0.0295. The first kappa shape index (κ1) is 12.7. The molecule has 0 radical (unpaired) electrons. The van der Waals surface area contributed by atoms with Crippen LogP contribution in [-0.4, -0.2) is 18.7 Å². The third kappa shape index (κ3) is 3.58. The summed E-state index contributed by atoms with van der Waals surface area (Å²) in [4.78, 5) is 0. The summed E-state index contributed by atoms with van der Waals surface area (Å²) in [5.74, 6) is 0.542. The summed E-state index contributed by atoms with van der Waals surface area (Å²) in [5, 5.41) is 3.57. The largest absolute Gasteiger partial charge is 0.472 e. The van der Waals surface area contributed by atoms with Gasteiger partial charge in [-0.1, -0.05) is 0 Å². The maximum Gasteiger partial charge on any atom is 0.0960 e. The summed E-state index contributed by atoms with van der Waals surface area (Å²) in [6.07, 6.45) is 6.10. The van der Waals surface area contributed by atoms with E-state index in [0.717, 1.165) is 19.6 Å². The molecule has 0 bridgehead atoms. The molecule has 2 atom stereocenters. The van der Waals surface area contributed by atoms with Crippen molar-refractivity contribution in [2.24, 2.45) is 5.92 Å². The highest BCUT2D eigenvalue weighted by molar-refractivity contribution is 5.11. The highest BCUT2D eigenvalue weighted by atomic mass is 16.5. The van der Waals surface area contributed by atoms with Gasteiger partial charge < -0.3 is 14.5 Å². The molecule has 1 aliphatic heterocycles. The molecule has 1 saturated heterocycles. The summed E-state index contributed by atoms with van der Waals surface area (Å²) in [6.45, 7) is 8.46. The molecule has 2 rings (SSSR count). The molecule has 3 nitrogen and oxygen atoms in total.